The van der Waals surface area contributed by atoms with Gasteiger partial charge in [-0.1, -0.05) is 59.3 Å². The monoisotopic (exact) mass is 386 g/mol. The molecule has 1 rings (SSSR count). The van der Waals surface area contributed by atoms with Crippen LogP contribution in [0.3, 0.4) is 0 Å². The second kappa shape index (κ2) is 14.7. The molecule has 0 amide bonds. The molecule has 1 aliphatic heterocycles. The summed E-state index contributed by atoms with van der Waals surface area (Å²) in [4.78, 5) is 12.2. The van der Waals surface area contributed by atoms with E-state index in [4.69, 9.17) is 18.9 Å². The minimum Gasteiger partial charge on any atom is -0.490 e. The molecule has 0 radical (unpaired) electrons. The van der Waals surface area contributed by atoms with E-state index < -0.39 is 18.2 Å². The zero-order chi connectivity index (χ0) is 19.9. The first kappa shape index (κ1) is 23.8. The zero-order valence-corrected chi connectivity index (χ0v) is 17.3. The molecule has 1 heterocycles. The first-order valence-corrected chi connectivity index (χ1v) is 10.6. The Kier molecular flexibility index (Phi) is 13.0. The summed E-state index contributed by atoms with van der Waals surface area (Å²) in [6, 6.07) is 0. The van der Waals surface area contributed by atoms with Gasteiger partial charge in [-0.3, -0.25) is 0 Å². The Balaban J connectivity index is 2.65. The molecule has 0 unspecified atom stereocenters. The lowest BCUT2D eigenvalue weighted by Gasteiger charge is -2.20. The molecule has 6 heteroatoms. The number of carbonyl (C=O) groups excluding carboxylic acids is 1. The molecular weight excluding hydrogens is 348 g/mol. The van der Waals surface area contributed by atoms with Gasteiger partial charge >= 0.3 is 5.97 Å². The Morgan fingerprint density at radius 2 is 1.44 bits per heavy atom. The summed E-state index contributed by atoms with van der Waals surface area (Å²) >= 11 is 0. The van der Waals surface area contributed by atoms with E-state index in [-0.39, 0.29) is 12.4 Å². The van der Waals surface area contributed by atoms with E-state index in [2.05, 4.69) is 20.8 Å². The Morgan fingerprint density at radius 3 is 2.04 bits per heavy atom. The van der Waals surface area contributed by atoms with E-state index in [0.29, 0.717) is 25.6 Å². The van der Waals surface area contributed by atoms with Gasteiger partial charge in [0.15, 0.2) is 11.9 Å². The highest BCUT2D eigenvalue weighted by molar-refractivity contribution is 5.89. The second-order valence-electron chi connectivity index (χ2n) is 6.98. The smallest absolute Gasteiger partial charge is 0.378 e. The summed E-state index contributed by atoms with van der Waals surface area (Å²) in [5.74, 6) is -0.137. The predicted molar refractivity (Wildman–Crippen MR) is 104 cm³/mol. The molecule has 0 aromatic rings. The van der Waals surface area contributed by atoms with Crippen molar-refractivity contribution < 1.29 is 28.8 Å². The van der Waals surface area contributed by atoms with E-state index in [9.17, 15) is 9.90 Å². The lowest BCUT2D eigenvalue weighted by Crippen LogP contribution is -2.33. The molecular formula is C21H38O6. The fourth-order valence-corrected chi connectivity index (χ4v) is 2.79. The van der Waals surface area contributed by atoms with Crippen LogP contribution in [0.15, 0.2) is 11.5 Å². The maximum atomic E-state index is 12.2. The van der Waals surface area contributed by atoms with Crippen LogP contribution < -0.4 is 0 Å². The highest BCUT2D eigenvalue weighted by atomic mass is 16.6. The molecule has 1 aliphatic rings. The number of carbonyl (C=O) groups is 1. The number of esters is 1. The van der Waals surface area contributed by atoms with Gasteiger partial charge in [0.25, 0.3) is 0 Å². The average molecular weight is 387 g/mol. The minimum atomic E-state index is -0.964. The number of unbranched alkanes of at least 4 members (excludes halogenated alkanes) is 6. The molecule has 0 fully saturated rings. The average Bonchev–Trinajstić information content (AvgIpc) is 2.98. The number of cyclic esters (lactones) is 1. The van der Waals surface area contributed by atoms with Crippen molar-refractivity contribution >= 4 is 5.97 Å². The zero-order valence-electron chi connectivity index (χ0n) is 17.3. The number of hydrogen-bond acceptors (Lipinski definition) is 6. The van der Waals surface area contributed by atoms with Crippen LogP contribution in [0.5, 0.6) is 0 Å². The molecule has 0 spiro atoms. The van der Waals surface area contributed by atoms with E-state index in [1.807, 2.05) is 0 Å². The molecule has 0 aromatic carbocycles. The van der Waals surface area contributed by atoms with Crippen LogP contribution in [0.4, 0.5) is 0 Å². The molecule has 0 aliphatic carbocycles. The predicted octanol–water partition coefficient (Wildman–Crippen LogP) is 4.10. The van der Waals surface area contributed by atoms with Crippen LogP contribution in [0.1, 0.15) is 78.6 Å². The largest absolute Gasteiger partial charge is 0.490 e. The summed E-state index contributed by atoms with van der Waals surface area (Å²) in [6.07, 6.45) is 7.32. The molecule has 158 valence electrons. The van der Waals surface area contributed by atoms with Gasteiger partial charge in [0.1, 0.15) is 6.10 Å². The van der Waals surface area contributed by atoms with Crippen LogP contribution in [-0.4, -0.2) is 49.7 Å². The van der Waals surface area contributed by atoms with Gasteiger partial charge in [-0.05, 0) is 19.3 Å². The third-order valence-electron chi connectivity index (χ3n) is 4.43. The number of hydrogen-bond donors (Lipinski definition) is 1. The van der Waals surface area contributed by atoms with Crippen LogP contribution in [0, 0.1) is 0 Å². The first-order chi connectivity index (χ1) is 13.2. The molecule has 1 N–H and O–H groups in total. The maximum absolute atomic E-state index is 12.2. The number of ether oxygens (including phenoxy) is 4. The third kappa shape index (κ3) is 8.98. The molecule has 0 bridgehead atoms. The van der Waals surface area contributed by atoms with Gasteiger partial charge in [-0.15, -0.1) is 0 Å². The van der Waals surface area contributed by atoms with E-state index in [0.717, 1.165) is 57.8 Å². The van der Waals surface area contributed by atoms with Gasteiger partial charge in [0.05, 0.1) is 19.8 Å². The summed E-state index contributed by atoms with van der Waals surface area (Å²) < 4.78 is 22.3. The van der Waals surface area contributed by atoms with Crippen molar-refractivity contribution in [1.82, 2.24) is 0 Å². The summed E-state index contributed by atoms with van der Waals surface area (Å²) in [7, 11) is 0. The highest BCUT2D eigenvalue weighted by Crippen LogP contribution is 2.28. The Hall–Kier alpha value is -1.27. The third-order valence-corrected chi connectivity index (χ3v) is 4.43. The summed E-state index contributed by atoms with van der Waals surface area (Å²) in [5.41, 5.74) is 0. The van der Waals surface area contributed by atoms with Gasteiger partial charge in [0, 0.05) is 6.61 Å². The molecule has 0 saturated heterocycles. The number of aliphatic hydroxyl groups excluding tert-OH is 1. The van der Waals surface area contributed by atoms with Crippen molar-refractivity contribution in [2.45, 2.75) is 90.8 Å². The van der Waals surface area contributed by atoms with E-state index in [1.165, 1.54) is 0 Å². The fraction of sp³-hybridized carbons (Fsp3) is 0.857. The first-order valence-electron chi connectivity index (χ1n) is 10.6. The fourth-order valence-electron chi connectivity index (χ4n) is 2.79. The summed E-state index contributed by atoms with van der Waals surface area (Å²) in [5, 5.41) is 10.5. The SMILES string of the molecule is CCCCCOC[C@H](O)[C@H]1OC(=O)C(OCCCCC)=C1OCCCCC. The van der Waals surface area contributed by atoms with Crippen LogP contribution in [0.25, 0.3) is 0 Å². The Bertz CT molecular complexity index is 434. The van der Waals surface area contributed by atoms with Gasteiger partial charge < -0.3 is 24.1 Å². The van der Waals surface area contributed by atoms with Crippen molar-refractivity contribution in [2.75, 3.05) is 26.4 Å². The molecule has 6 nitrogen and oxygen atoms in total. The van der Waals surface area contributed by atoms with E-state index in [1.54, 1.807) is 0 Å². The Labute approximate surface area is 164 Å². The molecule has 0 saturated carbocycles. The standard InChI is InChI=1S/C21H38O6/c1-4-7-10-13-24-16-17(22)18-19(25-14-11-8-5-2)20(21(23)27-18)26-15-12-9-6-3/h17-18,22H,4-16H2,1-3H3/t17-,18+/m0/s1. The van der Waals surface area contributed by atoms with Crippen molar-refractivity contribution in [3.8, 4) is 0 Å². The molecule has 2 atom stereocenters. The van der Waals surface area contributed by atoms with Crippen molar-refractivity contribution in [3.63, 3.8) is 0 Å². The van der Waals surface area contributed by atoms with Crippen LogP contribution in [0.2, 0.25) is 0 Å². The Morgan fingerprint density at radius 1 is 0.889 bits per heavy atom. The quantitative estimate of drug-likeness (QED) is 0.300. The highest BCUT2D eigenvalue weighted by Gasteiger charge is 2.42. The molecule has 0 aromatic heterocycles. The normalized spacial score (nSPS) is 17.9. The number of rotatable bonds is 17. The lowest BCUT2D eigenvalue weighted by molar-refractivity contribution is -0.149. The van der Waals surface area contributed by atoms with Gasteiger partial charge in [-0.25, -0.2) is 4.79 Å². The lowest BCUT2D eigenvalue weighted by atomic mass is 10.1. The summed E-state index contributed by atoms with van der Waals surface area (Å²) in [6.45, 7) is 7.96. The molecule has 27 heavy (non-hydrogen) atoms. The van der Waals surface area contributed by atoms with Crippen LogP contribution in [-0.2, 0) is 23.7 Å². The minimum absolute atomic E-state index is 0.104. The van der Waals surface area contributed by atoms with E-state index >= 15 is 0 Å². The van der Waals surface area contributed by atoms with Crippen molar-refractivity contribution in [3.05, 3.63) is 11.5 Å². The second-order valence-corrected chi connectivity index (χ2v) is 6.98. The van der Waals surface area contributed by atoms with Crippen molar-refractivity contribution in [2.24, 2.45) is 0 Å². The van der Waals surface area contributed by atoms with Crippen LogP contribution >= 0.6 is 0 Å². The van der Waals surface area contributed by atoms with Crippen molar-refractivity contribution in [1.29, 1.82) is 0 Å². The maximum Gasteiger partial charge on any atom is 0.378 e. The topological polar surface area (TPSA) is 74.2 Å². The van der Waals surface area contributed by atoms with Gasteiger partial charge in [-0.2, -0.15) is 0 Å². The van der Waals surface area contributed by atoms with Gasteiger partial charge in [0.2, 0.25) is 5.76 Å². The number of aliphatic hydroxyl groups is 1.